The lowest BCUT2D eigenvalue weighted by Gasteiger charge is -2.06. The Balaban J connectivity index is 2.65. The van der Waals surface area contributed by atoms with Gasteiger partial charge < -0.3 is 0 Å². The van der Waals surface area contributed by atoms with Crippen molar-refractivity contribution in [2.45, 2.75) is 20.3 Å². The number of rotatable bonds is 2. The molecule has 0 N–H and O–H groups in total. The maximum absolute atomic E-state index is 10.7. The minimum Gasteiger partial charge on any atom is -0.281 e. The van der Waals surface area contributed by atoms with Crippen molar-refractivity contribution in [1.82, 2.24) is 0 Å². The van der Waals surface area contributed by atoms with Crippen LogP contribution in [-0.2, 0) is 4.79 Å². The number of halogens is 1. The third-order valence-corrected chi connectivity index (χ3v) is 2.75. The van der Waals surface area contributed by atoms with Crippen LogP contribution in [0.1, 0.15) is 20.3 Å². The van der Waals surface area contributed by atoms with Gasteiger partial charge in [-0.15, -0.1) is 0 Å². The van der Waals surface area contributed by atoms with Crippen molar-refractivity contribution in [2.24, 2.45) is 11.3 Å². The normalized spacial score (nSPS) is 37.3. The molecule has 10 heavy (non-hydrogen) atoms. The molecule has 0 aromatic carbocycles. The number of carbonyl (C=O) groups excluding carboxylic acids is 1. The fourth-order valence-electron chi connectivity index (χ4n) is 1.17. The van der Waals surface area contributed by atoms with Crippen molar-refractivity contribution in [2.75, 3.05) is 0 Å². The first kappa shape index (κ1) is 7.80. The van der Waals surface area contributed by atoms with Crippen LogP contribution in [0.3, 0.4) is 0 Å². The molecule has 0 amide bonds. The SMILES string of the molecule is C=C(C)[C@@]1(C)C[C@@H]1C(=O)Cl. The fraction of sp³-hybridized carbons (Fsp3) is 0.625. The smallest absolute Gasteiger partial charge is 0.225 e. The van der Waals surface area contributed by atoms with E-state index in [2.05, 4.69) is 6.58 Å². The molecule has 0 heterocycles. The van der Waals surface area contributed by atoms with Crippen LogP contribution in [0.5, 0.6) is 0 Å². The molecule has 1 saturated carbocycles. The van der Waals surface area contributed by atoms with E-state index in [1.165, 1.54) is 0 Å². The third-order valence-electron chi connectivity index (χ3n) is 2.49. The van der Waals surface area contributed by atoms with E-state index in [9.17, 15) is 4.79 Å². The minimum atomic E-state index is -0.217. The highest BCUT2D eigenvalue weighted by molar-refractivity contribution is 6.64. The average molecular weight is 159 g/mol. The quantitative estimate of drug-likeness (QED) is 0.446. The van der Waals surface area contributed by atoms with E-state index in [0.29, 0.717) is 0 Å². The number of carbonyl (C=O) groups is 1. The first-order chi connectivity index (χ1) is 4.48. The Morgan fingerprint density at radius 2 is 2.30 bits per heavy atom. The Hall–Kier alpha value is -0.300. The van der Waals surface area contributed by atoms with Crippen LogP contribution in [0.25, 0.3) is 0 Å². The molecular formula is C8H11ClO. The molecule has 0 unspecified atom stereocenters. The second kappa shape index (κ2) is 2.09. The lowest BCUT2D eigenvalue weighted by atomic mass is 9.99. The van der Waals surface area contributed by atoms with Crippen molar-refractivity contribution < 1.29 is 4.79 Å². The Morgan fingerprint density at radius 1 is 1.80 bits per heavy atom. The summed E-state index contributed by atoms with van der Waals surface area (Å²) in [4.78, 5) is 10.7. The Morgan fingerprint density at radius 3 is 2.40 bits per heavy atom. The zero-order chi connectivity index (χ0) is 7.94. The van der Waals surface area contributed by atoms with Crippen LogP contribution >= 0.6 is 11.6 Å². The highest BCUT2D eigenvalue weighted by atomic mass is 35.5. The predicted octanol–water partition coefficient (Wildman–Crippen LogP) is 2.35. The molecule has 0 aromatic rings. The number of hydrogen-bond acceptors (Lipinski definition) is 1. The number of allylic oxidation sites excluding steroid dienone is 1. The van der Waals surface area contributed by atoms with Gasteiger partial charge in [-0.2, -0.15) is 0 Å². The van der Waals surface area contributed by atoms with Crippen LogP contribution < -0.4 is 0 Å². The highest BCUT2D eigenvalue weighted by Crippen LogP contribution is 2.57. The minimum absolute atomic E-state index is 0.0127. The van der Waals surface area contributed by atoms with Crippen LogP contribution in [-0.4, -0.2) is 5.24 Å². The van der Waals surface area contributed by atoms with Crippen molar-refractivity contribution in [3.05, 3.63) is 12.2 Å². The maximum Gasteiger partial charge on any atom is 0.225 e. The van der Waals surface area contributed by atoms with Gasteiger partial charge in [-0.05, 0) is 30.4 Å². The van der Waals surface area contributed by atoms with Gasteiger partial charge in [-0.25, -0.2) is 0 Å². The van der Waals surface area contributed by atoms with Gasteiger partial charge in [0.05, 0.1) is 0 Å². The zero-order valence-electron chi connectivity index (χ0n) is 6.28. The molecule has 1 rings (SSSR count). The first-order valence-corrected chi connectivity index (χ1v) is 3.71. The van der Waals surface area contributed by atoms with Gasteiger partial charge in [0, 0.05) is 5.92 Å². The maximum atomic E-state index is 10.7. The predicted molar refractivity (Wildman–Crippen MR) is 41.9 cm³/mol. The van der Waals surface area contributed by atoms with Crippen LogP contribution in [0.4, 0.5) is 0 Å². The molecule has 0 aromatic heterocycles. The summed E-state index contributed by atoms with van der Waals surface area (Å²) in [5.74, 6) is 0.0340. The molecule has 0 saturated heterocycles. The van der Waals surface area contributed by atoms with Gasteiger partial charge in [0.25, 0.3) is 0 Å². The Labute approximate surface area is 66.1 Å². The third kappa shape index (κ3) is 0.988. The summed E-state index contributed by atoms with van der Waals surface area (Å²) in [5.41, 5.74) is 1.07. The summed E-state index contributed by atoms with van der Waals surface area (Å²) in [5, 5.41) is -0.217. The highest BCUT2D eigenvalue weighted by Gasteiger charge is 2.54. The molecule has 1 aliphatic rings. The molecule has 1 aliphatic carbocycles. The molecule has 1 fully saturated rings. The standard InChI is InChI=1S/C8H11ClO/c1-5(2)8(3)4-6(8)7(9)10/h6H,1,4H2,2-3H3/t6-,8-/m1/s1. The number of hydrogen-bond donors (Lipinski definition) is 0. The van der Waals surface area contributed by atoms with Crippen molar-refractivity contribution in [3.8, 4) is 0 Å². The second-order valence-electron chi connectivity index (χ2n) is 3.26. The van der Waals surface area contributed by atoms with E-state index in [-0.39, 0.29) is 16.6 Å². The topological polar surface area (TPSA) is 17.1 Å². The molecule has 0 spiro atoms. The summed E-state index contributed by atoms with van der Waals surface area (Å²) >= 11 is 5.32. The van der Waals surface area contributed by atoms with Gasteiger partial charge in [0.1, 0.15) is 0 Å². The molecule has 0 bridgehead atoms. The van der Waals surface area contributed by atoms with E-state index >= 15 is 0 Å². The molecular weight excluding hydrogens is 148 g/mol. The summed E-state index contributed by atoms with van der Waals surface area (Å²) in [6, 6.07) is 0. The molecule has 2 atom stereocenters. The van der Waals surface area contributed by atoms with E-state index in [0.717, 1.165) is 12.0 Å². The Kier molecular flexibility index (Phi) is 1.63. The zero-order valence-corrected chi connectivity index (χ0v) is 7.03. The van der Waals surface area contributed by atoms with Crippen LogP contribution in [0.2, 0.25) is 0 Å². The molecule has 0 radical (unpaired) electrons. The fourth-order valence-corrected chi connectivity index (χ4v) is 1.49. The van der Waals surface area contributed by atoms with Crippen molar-refractivity contribution in [3.63, 3.8) is 0 Å². The lowest BCUT2D eigenvalue weighted by Crippen LogP contribution is -2.03. The van der Waals surface area contributed by atoms with Gasteiger partial charge in [-0.3, -0.25) is 4.79 Å². The average Bonchev–Trinajstić information content (AvgIpc) is 2.43. The van der Waals surface area contributed by atoms with Gasteiger partial charge >= 0.3 is 0 Å². The van der Waals surface area contributed by atoms with E-state index in [1.807, 2.05) is 13.8 Å². The van der Waals surface area contributed by atoms with Gasteiger partial charge in [-0.1, -0.05) is 19.1 Å². The van der Waals surface area contributed by atoms with Crippen LogP contribution in [0.15, 0.2) is 12.2 Å². The van der Waals surface area contributed by atoms with E-state index in [4.69, 9.17) is 11.6 Å². The molecule has 1 nitrogen and oxygen atoms in total. The van der Waals surface area contributed by atoms with Crippen LogP contribution in [0, 0.1) is 11.3 Å². The first-order valence-electron chi connectivity index (χ1n) is 3.34. The summed E-state index contributed by atoms with van der Waals surface area (Å²) < 4.78 is 0. The molecule has 2 heteroatoms. The Bertz CT molecular complexity index is 197. The lowest BCUT2D eigenvalue weighted by molar-refractivity contribution is -0.113. The van der Waals surface area contributed by atoms with Crippen molar-refractivity contribution in [1.29, 1.82) is 0 Å². The van der Waals surface area contributed by atoms with Gasteiger partial charge in [0.2, 0.25) is 5.24 Å². The largest absolute Gasteiger partial charge is 0.281 e. The summed E-state index contributed by atoms with van der Waals surface area (Å²) in [6.45, 7) is 7.78. The van der Waals surface area contributed by atoms with E-state index < -0.39 is 0 Å². The monoisotopic (exact) mass is 158 g/mol. The summed E-state index contributed by atoms with van der Waals surface area (Å²) in [6.07, 6.45) is 0.880. The van der Waals surface area contributed by atoms with E-state index in [1.54, 1.807) is 0 Å². The van der Waals surface area contributed by atoms with Crippen molar-refractivity contribution >= 4 is 16.8 Å². The molecule has 56 valence electrons. The molecule has 0 aliphatic heterocycles. The summed E-state index contributed by atoms with van der Waals surface area (Å²) in [7, 11) is 0. The van der Waals surface area contributed by atoms with Gasteiger partial charge in [0.15, 0.2) is 0 Å². The second-order valence-corrected chi connectivity index (χ2v) is 3.63.